The molecule has 24 heavy (non-hydrogen) atoms. The van der Waals surface area contributed by atoms with Crippen molar-refractivity contribution < 1.29 is 16.8 Å². The molecule has 0 radical (unpaired) electrons. The first-order valence-electron chi connectivity index (χ1n) is 7.88. The first kappa shape index (κ1) is 14.7. The van der Waals surface area contributed by atoms with Crippen molar-refractivity contribution in [3.05, 3.63) is 59.7 Å². The Morgan fingerprint density at radius 3 is 1.38 bits per heavy atom. The largest absolute Gasteiger partial charge is 0.223 e. The van der Waals surface area contributed by atoms with Gasteiger partial charge in [0.25, 0.3) is 0 Å². The maximum Gasteiger partial charge on any atom is 0.186 e. The second-order valence-electron chi connectivity index (χ2n) is 7.25. The number of sulfone groups is 2. The summed E-state index contributed by atoms with van der Waals surface area (Å²) in [7, 11) is -7.45. The molecule has 0 spiro atoms. The molecule has 0 bridgehead atoms. The van der Waals surface area contributed by atoms with Gasteiger partial charge in [0.05, 0.1) is 9.79 Å². The second kappa shape index (κ2) is 3.78. The van der Waals surface area contributed by atoms with Gasteiger partial charge in [0.1, 0.15) is 9.49 Å². The van der Waals surface area contributed by atoms with Crippen molar-refractivity contribution in [2.75, 3.05) is 0 Å². The fraction of sp³-hybridized carbons (Fsp3) is 0.333. The van der Waals surface area contributed by atoms with Crippen LogP contribution in [0.2, 0.25) is 0 Å². The van der Waals surface area contributed by atoms with Gasteiger partial charge in [-0.15, -0.1) is 0 Å². The number of benzene rings is 2. The van der Waals surface area contributed by atoms with Crippen LogP contribution in [0.15, 0.2) is 58.3 Å². The SMILES string of the molecule is CC12C(c3ccccc3S1(=O)=O)C1c3ccccc3S(=O)(=O)C12C. The Bertz CT molecular complexity index is 1040. The highest BCUT2D eigenvalue weighted by Gasteiger charge is 2.84. The summed E-state index contributed by atoms with van der Waals surface area (Å²) >= 11 is 0. The Morgan fingerprint density at radius 1 is 0.667 bits per heavy atom. The van der Waals surface area contributed by atoms with Gasteiger partial charge in [-0.3, -0.25) is 0 Å². The van der Waals surface area contributed by atoms with Crippen molar-refractivity contribution in [1.82, 2.24) is 0 Å². The van der Waals surface area contributed by atoms with E-state index in [9.17, 15) is 16.8 Å². The molecule has 2 heterocycles. The van der Waals surface area contributed by atoms with Crippen molar-refractivity contribution in [1.29, 1.82) is 0 Å². The number of hydrogen-bond donors (Lipinski definition) is 0. The molecule has 6 heteroatoms. The highest BCUT2D eigenvalue weighted by molar-refractivity contribution is 7.98. The zero-order chi connectivity index (χ0) is 17.1. The number of hydrogen-bond acceptors (Lipinski definition) is 4. The lowest BCUT2D eigenvalue weighted by Gasteiger charge is -2.59. The van der Waals surface area contributed by atoms with Crippen LogP contribution in [0.3, 0.4) is 0 Å². The molecule has 4 unspecified atom stereocenters. The van der Waals surface area contributed by atoms with E-state index >= 15 is 0 Å². The molecule has 2 aromatic rings. The summed E-state index contributed by atoms with van der Waals surface area (Å²) in [4.78, 5) is 0.585. The first-order valence-corrected chi connectivity index (χ1v) is 10.8. The molecule has 5 rings (SSSR count). The smallest absolute Gasteiger partial charge is 0.186 e. The minimum Gasteiger partial charge on any atom is -0.223 e. The minimum atomic E-state index is -3.73. The topological polar surface area (TPSA) is 68.3 Å². The Morgan fingerprint density at radius 2 is 1.00 bits per heavy atom. The third-order valence-electron chi connectivity index (χ3n) is 6.71. The monoisotopic (exact) mass is 360 g/mol. The Hall–Kier alpha value is -1.66. The van der Waals surface area contributed by atoms with E-state index in [-0.39, 0.29) is 11.8 Å². The normalized spacial score (nSPS) is 39.2. The molecule has 0 aromatic heterocycles. The summed E-state index contributed by atoms with van der Waals surface area (Å²) in [6.07, 6.45) is 0. The molecule has 1 aliphatic carbocycles. The highest BCUT2D eigenvalue weighted by Crippen LogP contribution is 2.77. The van der Waals surface area contributed by atoms with E-state index < -0.39 is 29.2 Å². The van der Waals surface area contributed by atoms with Gasteiger partial charge in [-0.25, -0.2) is 16.8 Å². The molecular formula is C18H16O4S2. The molecule has 3 aliphatic rings. The van der Waals surface area contributed by atoms with E-state index in [1.165, 1.54) is 0 Å². The summed E-state index contributed by atoms with van der Waals surface area (Å²) in [5, 5.41) is 0. The number of rotatable bonds is 0. The van der Waals surface area contributed by atoms with Crippen LogP contribution >= 0.6 is 0 Å². The van der Waals surface area contributed by atoms with Crippen molar-refractivity contribution in [3.8, 4) is 0 Å². The Balaban J connectivity index is 1.93. The van der Waals surface area contributed by atoms with E-state index in [2.05, 4.69) is 0 Å². The second-order valence-corrected chi connectivity index (χ2v) is 11.8. The molecule has 4 atom stereocenters. The first-order chi connectivity index (χ1) is 11.2. The predicted molar refractivity (Wildman–Crippen MR) is 89.5 cm³/mol. The zero-order valence-electron chi connectivity index (χ0n) is 13.2. The van der Waals surface area contributed by atoms with Crippen LogP contribution in [0.4, 0.5) is 0 Å². The Kier molecular flexibility index (Phi) is 2.31. The quantitative estimate of drug-likeness (QED) is 0.724. The Labute approximate surface area is 141 Å². The molecular weight excluding hydrogens is 344 g/mol. The number of fused-ring (bicyclic) bond motifs is 8. The molecule has 0 saturated heterocycles. The molecule has 1 saturated carbocycles. The summed E-state index contributed by atoms with van der Waals surface area (Å²) in [5.74, 6) is -0.635. The average Bonchev–Trinajstić information content (AvgIpc) is 2.81. The molecule has 0 N–H and O–H groups in total. The summed E-state index contributed by atoms with van der Waals surface area (Å²) in [6.45, 7) is 3.24. The van der Waals surface area contributed by atoms with Crippen LogP contribution < -0.4 is 0 Å². The van der Waals surface area contributed by atoms with E-state index in [0.29, 0.717) is 9.79 Å². The molecule has 1 fully saturated rings. The molecule has 4 nitrogen and oxygen atoms in total. The standard InChI is InChI=1S/C18H16O4S2/c1-17-15(11-7-3-5-9-13(11)23(17,19)20)16-12-8-4-6-10-14(12)24(21,22)18(16,17)2/h3-10,15-16H,1-2H3. The van der Waals surface area contributed by atoms with Gasteiger partial charge in [-0.05, 0) is 37.1 Å². The van der Waals surface area contributed by atoms with Gasteiger partial charge in [0.15, 0.2) is 19.7 Å². The molecule has 124 valence electrons. The summed E-state index contributed by atoms with van der Waals surface area (Å²) in [6, 6.07) is 13.9. The summed E-state index contributed by atoms with van der Waals surface area (Å²) in [5.41, 5.74) is 1.52. The van der Waals surface area contributed by atoms with Crippen LogP contribution in [0, 0.1) is 0 Å². The van der Waals surface area contributed by atoms with Gasteiger partial charge < -0.3 is 0 Å². The van der Waals surface area contributed by atoms with Gasteiger partial charge in [0, 0.05) is 11.8 Å². The van der Waals surface area contributed by atoms with E-state index in [1.54, 1.807) is 38.1 Å². The van der Waals surface area contributed by atoms with E-state index in [0.717, 1.165) is 11.1 Å². The van der Waals surface area contributed by atoms with Crippen LogP contribution in [0.25, 0.3) is 0 Å². The average molecular weight is 360 g/mol. The maximum atomic E-state index is 13.3. The van der Waals surface area contributed by atoms with E-state index in [1.807, 2.05) is 24.3 Å². The van der Waals surface area contributed by atoms with Crippen LogP contribution in [-0.2, 0) is 19.7 Å². The van der Waals surface area contributed by atoms with Crippen LogP contribution in [0.1, 0.15) is 36.8 Å². The molecule has 2 aromatic carbocycles. The van der Waals surface area contributed by atoms with Crippen LogP contribution in [0.5, 0.6) is 0 Å². The van der Waals surface area contributed by atoms with Crippen molar-refractivity contribution >= 4 is 19.7 Å². The predicted octanol–water partition coefficient (Wildman–Crippen LogP) is 2.66. The fourth-order valence-corrected chi connectivity index (χ4v) is 11.0. The van der Waals surface area contributed by atoms with Crippen molar-refractivity contribution in [2.45, 2.75) is 45.0 Å². The van der Waals surface area contributed by atoms with Gasteiger partial charge in [-0.1, -0.05) is 36.4 Å². The third kappa shape index (κ3) is 1.10. The fourth-order valence-electron chi connectivity index (χ4n) is 5.40. The molecule has 2 aliphatic heterocycles. The highest BCUT2D eigenvalue weighted by atomic mass is 32.2. The lowest BCUT2D eigenvalue weighted by molar-refractivity contribution is 0.186. The maximum absolute atomic E-state index is 13.3. The van der Waals surface area contributed by atoms with Gasteiger partial charge in [-0.2, -0.15) is 0 Å². The van der Waals surface area contributed by atoms with Crippen molar-refractivity contribution in [3.63, 3.8) is 0 Å². The third-order valence-corrected chi connectivity index (χ3v) is 12.3. The lowest BCUT2D eigenvalue weighted by atomic mass is 9.53. The lowest BCUT2D eigenvalue weighted by Crippen LogP contribution is -2.71. The zero-order valence-corrected chi connectivity index (χ0v) is 14.9. The summed E-state index contributed by atoms with van der Waals surface area (Å²) < 4.78 is 50.5. The van der Waals surface area contributed by atoms with Gasteiger partial charge >= 0.3 is 0 Å². The van der Waals surface area contributed by atoms with Gasteiger partial charge in [0.2, 0.25) is 0 Å². The molecule has 0 amide bonds. The van der Waals surface area contributed by atoms with Crippen LogP contribution in [-0.4, -0.2) is 26.3 Å². The van der Waals surface area contributed by atoms with Crippen molar-refractivity contribution in [2.24, 2.45) is 0 Å². The van der Waals surface area contributed by atoms with E-state index in [4.69, 9.17) is 0 Å². The minimum absolute atomic E-state index is 0.292.